The molecule has 2 aliphatic carbocycles. The summed E-state index contributed by atoms with van der Waals surface area (Å²) >= 11 is -0.331. The molecule has 0 heterocycles. The SMILES string of the molecule is C1=C[CH]([Ti][CH]2C(P(c3ccccc3)c3ccccc3)=Cc3ccccc32)c2ccccc21.c1ccc(CCc2ccccc2)cc1. The minimum atomic E-state index is -0.557. The van der Waals surface area contributed by atoms with Crippen LogP contribution in [0.15, 0.2) is 181 Å². The van der Waals surface area contributed by atoms with Gasteiger partial charge in [-0.15, -0.1) is 0 Å². The van der Waals surface area contributed by atoms with E-state index in [1.165, 1.54) is 38.4 Å². The topological polar surface area (TPSA) is 0 Å². The van der Waals surface area contributed by atoms with Crippen molar-refractivity contribution >= 4 is 30.7 Å². The Morgan fingerprint density at radius 3 is 1.48 bits per heavy atom. The second-order valence-electron chi connectivity index (χ2n) is 11.7. The first-order valence-corrected chi connectivity index (χ1v) is 19.3. The van der Waals surface area contributed by atoms with Gasteiger partial charge in [0.2, 0.25) is 0 Å². The third kappa shape index (κ3) is 7.17. The largest absolute Gasteiger partial charge is 0.0622 e. The fourth-order valence-corrected chi connectivity index (χ4v) is 12.5. The second kappa shape index (κ2) is 15.0. The maximum Gasteiger partial charge on any atom is -0.0238 e. The van der Waals surface area contributed by atoms with Crippen molar-refractivity contribution in [3.63, 3.8) is 0 Å². The van der Waals surface area contributed by atoms with Crippen LogP contribution in [0.3, 0.4) is 0 Å². The zero-order valence-corrected chi connectivity index (χ0v) is 28.4. The van der Waals surface area contributed by atoms with E-state index in [0.29, 0.717) is 8.45 Å². The van der Waals surface area contributed by atoms with Crippen molar-refractivity contribution in [3.8, 4) is 0 Å². The van der Waals surface area contributed by atoms with Crippen LogP contribution in [0.4, 0.5) is 0 Å². The molecule has 0 saturated heterocycles. The van der Waals surface area contributed by atoms with E-state index >= 15 is 0 Å². The molecule has 2 aliphatic rings. The third-order valence-electron chi connectivity index (χ3n) is 8.73. The number of allylic oxidation sites excluding steroid dienone is 2. The monoisotopic (exact) mass is 644 g/mol. The van der Waals surface area contributed by atoms with Crippen LogP contribution in [0.25, 0.3) is 12.2 Å². The molecular formula is C44H37PTi. The quantitative estimate of drug-likeness (QED) is 0.114. The first-order valence-electron chi connectivity index (χ1n) is 16.2. The Morgan fingerprint density at radius 1 is 0.457 bits per heavy atom. The number of aryl methyl sites for hydroxylation is 2. The average Bonchev–Trinajstić information content (AvgIpc) is 3.71. The fourth-order valence-electron chi connectivity index (χ4n) is 6.43. The van der Waals surface area contributed by atoms with E-state index in [2.05, 4.69) is 188 Å². The van der Waals surface area contributed by atoms with E-state index in [1.807, 2.05) is 0 Å². The van der Waals surface area contributed by atoms with Crippen LogP contribution in [-0.2, 0) is 32.0 Å². The summed E-state index contributed by atoms with van der Waals surface area (Å²) in [7, 11) is -0.557. The summed E-state index contributed by atoms with van der Waals surface area (Å²) in [6, 6.07) is 61.6. The summed E-state index contributed by atoms with van der Waals surface area (Å²) in [6.07, 6.45) is 9.59. The second-order valence-corrected chi connectivity index (χ2v) is 16.4. The Bertz CT molecular complexity index is 1830. The Kier molecular flexibility index (Phi) is 9.99. The van der Waals surface area contributed by atoms with E-state index in [-0.39, 0.29) is 19.2 Å². The molecule has 2 atom stereocenters. The van der Waals surface area contributed by atoms with Gasteiger partial charge in [-0.05, 0) is 24.0 Å². The van der Waals surface area contributed by atoms with Gasteiger partial charge in [0.15, 0.2) is 0 Å². The molecule has 6 aromatic carbocycles. The van der Waals surface area contributed by atoms with Gasteiger partial charge in [0.25, 0.3) is 0 Å². The predicted molar refractivity (Wildman–Crippen MR) is 195 cm³/mol. The van der Waals surface area contributed by atoms with E-state index in [0.717, 1.165) is 12.8 Å². The van der Waals surface area contributed by atoms with Gasteiger partial charge in [0.05, 0.1) is 0 Å². The normalized spacial score (nSPS) is 15.8. The minimum Gasteiger partial charge on any atom is -0.0622 e. The molecule has 0 radical (unpaired) electrons. The van der Waals surface area contributed by atoms with Crippen LogP contribution in [0.1, 0.15) is 41.8 Å². The standard InChI is InChI=1S/C21H16P.C14H14.C9H7.Ti/c1-3-11-19(12-4-1)22(20-13-5-2-6-14-20)21-15-17-9-7-8-10-18(17)16-21;1-3-7-13(8-4-1)11-12-14-9-5-2-6-10-14;1-2-5-9-7-3-6-8(9)4-1;/h1-16H;1-10H,11-12H2;1-7H;. The zero-order chi connectivity index (χ0) is 31.0. The molecule has 0 spiro atoms. The number of benzene rings is 6. The van der Waals surface area contributed by atoms with Crippen molar-refractivity contribution in [3.05, 3.63) is 215 Å². The van der Waals surface area contributed by atoms with Gasteiger partial charge in [-0.1, -0.05) is 60.7 Å². The van der Waals surface area contributed by atoms with E-state index < -0.39 is 7.92 Å². The summed E-state index contributed by atoms with van der Waals surface area (Å²) in [5.41, 5.74) is 8.73. The van der Waals surface area contributed by atoms with Gasteiger partial charge in [-0.2, -0.15) is 0 Å². The first kappa shape index (κ1) is 30.6. The van der Waals surface area contributed by atoms with Crippen molar-refractivity contribution in [2.45, 2.75) is 21.3 Å². The van der Waals surface area contributed by atoms with Gasteiger partial charge in [-0.25, -0.2) is 0 Å². The summed E-state index contributed by atoms with van der Waals surface area (Å²) < 4.78 is 1.15. The molecule has 0 amide bonds. The summed E-state index contributed by atoms with van der Waals surface area (Å²) in [6.45, 7) is 0. The molecule has 0 bridgehead atoms. The first-order chi connectivity index (χ1) is 22.8. The van der Waals surface area contributed by atoms with Crippen molar-refractivity contribution in [2.24, 2.45) is 0 Å². The Labute approximate surface area is 284 Å². The number of fused-ring (bicyclic) bond motifs is 2. The zero-order valence-electron chi connectivity index (χ0n) is 25.9. The molecule has 2 unspecified atom stereocenters. The summed E-state index contributed by atoms with van der Waals surface area (Å²) in [4.78, 5) is 0. The maximum atomic E-state index is 2.53. The minimum absolute atomic E-state index is 0.331. The summed E-state index contributed by atoms with van der Waals surface area (Å²) in [5.74, 6) is 0. The molecule has 0 fully saturated rings. The molecule has 46 heavy (non-hydrogen) atoms. The number of hydrogen-bond acceptors (Lipinski definition) is 0. The number of rotatable bonds is 8. The average molecular weight is 645 g/mol. The molecular weight excluding hydrogens is 607 g/mol. The Hall–Kier alpha value is -4.06. The molecule has 0 N–H and O–H groups in total. The van der Waals surface area contributed by atoms with Crippen molar-refractivity contribution in [2.75, 3.05) is 0 Å². The van der Waals surface area contributed by atoms with Crippen molar-refractivity contribution in [1.82, 2.24) is 0 Å². The predicted octanol–water partition coefficient (Wildman–Crippen LogP) is 10.5. The maximum absolute atomic E-state index is 2.53. The van der Waals surface area contributed by atoms with E-state index in [9.17, 15) is 0 Å². The molecule has 0 aromatic heterocycles. The van der Waals surface area contributed by atoms with E-state index in [1.54, 1.807) is 10.9 Å². The van der Waals surface area contributed by atoms with Gasteiger partial charge >= 0.3 is 201 Å². The van der Waals surface area contributed by atoms with Crippen LogP contribution in [0.2, 0.25) is 0 Å². The van der Waals surface area contributed by atoms with Crippen LogP contribution in [0, 0.1) is 0 Å². The third-order valence-corrected chi connectivity index (χ3v) is 14.5. The van der Waals surface area contributed by atoms with Gasteiger partial charge < -0.3 is 0 Å². The van der Waals surface area contributed by atoms with Gasteiger partial charge in [0.1, 0.15) is 0 Å². The molecule has 6 aromatic rings. The van der Waals surface area contributed by atoms with E-state index in [4.69, 9.17) is 0 Å². The fraction of sp³-hybridized carbons (Fsp3) is 0.0909. The number of hydrogen-bond donors (Lipinski definition) is 0. The van der Waals surface area contributed by atoms with Crippen molar-refractivity contribution in [1.29, 1.82) is 0 Å². The van der Waals surface area contributed by atoms with Crippen LogP contribution in [0.5, 0.6) is 0 Å². The molecule has 0 nitrogen and oxygen atoms in total. The Morgan fingerprint density at radius 2 is 0.913 bits per heavy atom. The van der Waals surface area contributed by atoms with Gasteiger partial charge in [0, 0.05) is 0 Å². The Balaban J connectivity index is 0.000000202. The van der Waals surface area contributed by atoms with Crippen molar-refractivity contribution < 1.29 is 19.2 Å². The summed E-state index contributed by atoms with van der Waals surface area (Å²) in [5, 5.41) is 4.54. The molecule has 0 aliphatic heterocycles. The molecule has 8 rings (SSSR count). The van der Waals surface area contributed by atoms with Crippen LogP contribution in [-0.4, -0.2) is 0 Å². The molecule has 0 saturated carbocycles. The molecule has 2 heteroatoms. The smallest absolute Gasteiger partial charge is 0.0238 e. The van der Waals surface area contributed by atoms with Crippen LogP contribution < -0.4 is 10.6 Å². The molecule has 222 valence electrons. The van der Waals surface area contributed by atoms with Crippen LogP contribution >= 0.6 is 7.92 Å². The van der Waals surface area contributed by atoms with Gasteiger partial charge in [-0.3, -0.25) is 0 Å².